The molecule has 212 valence electrons. The summed E-state index contributed by atoms with van der Waals surface area (Å²) in [6, 6.07) is 1.67. The number of likely N-dealkylation sites (tertiary alicyclic amines) is 1. The van der Waals surface area contributed by atoms with E-state index in [2.05, 4.69) is 38.8 Å². The van der Waals surface area contributed by atoms with Crippen molar-refractivity contribution in [3.8, 4) is 0 Å². The molecule has 2 aromatic heterocycles. The summed E-state index contributed by atoms with van der Waals surface area (Å²) in [4.78, 5) is 20.0. The van der Waals surface area contributed by atoms with E-state index in [4.69, 9.17) is 20.7 Å². The smallest absolute Gasteiger partial charge is 0.227 e. The molecule has 3 aliphatic rings. The van der Waals surface area contributed by atoms with E-state index in [1.165, 1.54) is 51.6 Å². The number of hydrogen-bond donors (Lipinski definition) is 3. The van der Waals surface area contributed by atoms with Gasteiger partial charge in [-0.15, -0.1) is 0 Å². The molecule has 0 bridgehead atoms. The predicted molar refractivity (Wildman–Crippen MR) is 157 cm³/mol. The maximum Gasteiger partial charge on any atom is 0.227 e. The Hall–Kier alpha value is -1.97. The Morgan fingerprint density at radius 2 is 1.61 bits per heavy atom. The van der Waals surface area contributed by atoms with Crippen LogP contribution in [-0.4, -0.2) is 86.7 Å². The number of rotatable bonds is 12. The van der Waals surface area contributed by atoms with Crippen LogP contribution in [0.2, 0.25) is 0 Å². The Balaban J connectivity index is 1.21. The number of anilines is 2. The zero-order valence-electron chi connectivity index (χ0n) is 23.9. The van der Waals surface area contributed by atoms with E-state index >= 15 is 0 Å². The average molecular weight is 526 g/mol. The second-order valence-electron chi connectivity index (χ2n) is 11.9. The summed E-state index contributed by atoms with van der Waals surface area (Å²) in [5, 5.41) is 7.47. The number of nitrogens with zero attached hydrogens (tertiary/aromatic N) is 6. The summed E-state index contributed by atoms with van der Waals surface area (Å²) >= 11 is 0. The van der Waals surface area contributed by atoms with Gasteiger partial charge in [0, 0.05) is 37.3 Å². The summed E-state index contributed by atoms with van der Waals surface area (Å²) in [6.45, 7) is 11.6. The zero-order chi connectivity index (χ0) is 26.3. The van der Waals surface area contributed by atoms with Crippen LogP contribution in [0.15, 0.2) is 6.33 Å². The summed E-state index contributed by atoms with van der Waals surface area (Å²) in [6.07, 6.45) is 16.2. The van der Waals surface area contributed by atoms with Crippen molar-refractivity contribution in [3.63, 3.8) is 0 Å². The van der Waals surface area contributed by atoms with Gasteiger partial charge in [-0.25, -0.2) is 4.98 Å². The summed E-state index contributed by atoms with van der Waals surface area (Å²) in [5.41, 5.74) is 8.06. The van der Waals surface area contributed by atoms with E-state index in [9.17, 15) is 0 Å². The van der Waals surface area contributed by atoms with Crippen LogP contribution < -0.4 is 16.4 Å². The Bertz CT molecular complexity index is 981. The van der Waals surface area contributed by atoms with Crippen molar-refractivity contribution in [1.82, 2.24) is 29.3 Å². The van der Waals surface area contributed by atoms with E-state index in [1.54, 1.807) is 0 Å². The predicted octanol–water partition coefficient (Wildman–Crippen LogP) is 4.62. The number of hydrogen-bond acceptors (Lipinski definition) is 8. The fraction of sp³-hybridized carbons (Fsp3) is 0.828. The third-order valence-corrected chi connectivity index (χ3v) is 9.27. The van der Waals surface area contributed by atoms with Crippen molar-refractivity contribution < 1.29 is 0 Å². The van der Waals surface area contributed by atoms with Crippen molar-refractivity contribution >= 4 is 22.9 Å². The van der Waals surface area contributed by atoms with Gasteiger partial charge in [-0.2, -0.15) is 9.97 Å². The fourth-order valence-electron chi connectivity index (χ4n) is 6.68. The molecule has 0 spiro atoms. The first kappa shape index (κ1) is 27.6. The van der Waals surface area contributed by atoms with Crippen LogP contribution in [0.5, 0.6) is 0 Å². The third-order valence-electron chi connectivity index (χ3n) is 9.27. The van der Waals surface area contributed by atoms with Crippen molar-refractivity contribution in [2.75, 3.05) is 49.9 Å². The second kappa shape index (κ2) is 13.4. The van der Waals surface area contributed by atoms with Crippen LogP contribution in [0.3, 0.4) is 0 Å². The molecule has 2 saturated carbocycles. The molecule has 5 rings (SSSR count). The zero-order valence-corrected chi connectivity index (χ0v) is 23.9. The number of fused-ring (bicyclic) bond motifs is 1. The van der Waals surface area contributed by atoms with Crippen LogP contribution in [0.1, 0.15) is 96.9 Å². The number of unbranched alkanes of at least 4 members (excludes halogenated alkanes) is 1. The Morgan fingerprint density at radius 1 is 0.895 bits per heavy atom. The monoisotopic (exact) mass is 525 g/mol. The lowest BCUT2D eigenvalue weighted by Crippen LogP contribution is -2.40. The standard InChI is InChI=1S/C29H51N9/c1-3-36(4-2)17-7-8-18-37-19-15-24(16-20-37)33-29-34-27(32-23-13-11-22(30)12-14-23)26-28(35-29)38(21-31-26)25-9-5-6-10-25/h21-25H,3-20,30H2,1-2H3,(H2,32,33,34,35). The van der Waals surface area contributed by atoms with Gasteiger partial charge >= 0.3 is 0 Å². The van der Waals surface area contributed by atoms with E-state index in [1.807, 2.05) is 6.33 Å². The number of nitrogens with two attached hydrogens (primary N) is 1. The summed E-state index contributed by atoms with van der Waals surface area (Å²) in [7, 11) is 0. The molecule has 2 aromatic rings. The van der Waals surface area contributed by atoms with E-state index in [-0.39, 0.29) is 0 Å². The first-order valence-electron chi connectivity index (χ1n) is 15.6. The lowest BCUT2D eigenvalue weighted by atomic mass is 9.92. The highest BCUT2D eigenvalue weighted by Crippen LogP contribution is 2.34. The Labute approximate surface area is 229 Å². The van der Waals surface area contributed by atoms with Crippen molar-refractivity contribution in [2.45, 2.75) is 115 Å². The minimum atomic E-state index is 0.338. The number of imidazole rings is 1. The molecule has 2 aliphatic carbocycles. The highest BCUT2D eigenvalue weighted by molar-refractivity contribution is 5.84. The van der Waals surface area contributed by atoms with E-state index < -0.39 is 0 Å². The van der Waals surface area contributed by atoms with Crippen LogP contribution in [0, 0.1) is 0 Å². The molecule has 38 heavy (non-hydrogen) atoms. The Kier molecular flexibility index (Phi) is 9.73. The Morgan fingerprint density at radius 3 is 2.32 bits per heavy atom. The van der Waals surface area contributed by atoms with Gasteiger partial charge < -0.3 is 30.7 Å². The maximum absolute atomic E-state index is 6.16. The SMILES string of the molecule is CCN(CC)CCCCN1CCC(Nc2nc(NC3CCC(N)CC3)c3ncn(C4CCCC4)c3n2)CC1. The largest absolute Gasteiger partial charge is 0.365 e. The second-order valence-corrected chi connectivity index (χ2v) is 11.9. The quantitative estimate of drug-likeness (QED) is 0.345. The van der Waals surface area contributed by atoms with Gasteiger partial charge in [0.05, 0.1) is 6.33 Å². The normalized spacial score (nSPS) is 24.0. The molecule has 3 fully saturated rings. The molecule has 1 saturated heterocycles. The van der Waals surface area contributed by atoms with Gasteiger partial charge in [-0.1, -0.05) is 26.7 Å². The average Bonchev–Trinajstić information content (AvgIpc) is 3.61. The molecular weight excluding hydrogens is 474 g/mol. The van der Waals surface area contributed by atoms with Gasteiger partial charge in [-0.3, -0.25) is 0 Å². The van der Waals surface area contributed by atoms with Crippen molar-refractivity contribution in [3.05, 3.63) is 6.33 Å². The van der Waals surface area contributed by atoms with Gasteiger partial charge in [0.2, 0.25) is 5.95 Å². The van der Waals surface area contributed by atoms with Crippen LogP contribution in [-0.2, 0) is 0 Å². The molecule has 0 radical (unpaired) electrons. The molecule has 9 nitrogen and oxygen atoms in total. The number of piperidine rings is 1. The van der Waals surface area contributed by atoms with Gasteiger partial charge in [0.25, 0.3) is 0 Å². The topological polar surface area (TPSA) is 100 Å². The lowest BCUT2D eigenvalue weighted by molar-refractivity contribution is 0.208. The third kappa shape index (κ3) is 6.96. The number of aromatic nitrogens is 4. The molecule has 3 heterocycles. The van der Waals surface area contributed by atoms with Crippen LogP contribution >= 0.6 is 0 Å². The summed E-state index contributed by atoms with van der Waals surface area (Å²) < 4.78 is 2.32. The van der Waals surface area contributed by atoms with E-state index in [0.29, 0.717) is 24.2 Å². The van der Waals surface area contributed by atoms with Gasteiger partial charge in [-0.05, 0) is 90.4 Å². The minimum Gasteiger partial charge on any atom is -0.365 e. The molecule has 0 aromatic carbocycles. The number of nitrogens with one attached hydrogen (secondary N) is 2. The van der Waals surface area contributed by atoms with Crippen molar-refractivity contribution in [2.24, 2.45) is 5.73 Å². The molecule has 1 aliphatic heterocycles. The molecule has 4 N–H and O–H groups in total. The molecule has 0 unspecified atom stereocenters. The summed E-state index contributed by atoms with van der Waals surface area (Å²) in [5.74, 6) is 1.64. The van der Waals surface area contributed by atoms with Crippen LogP contribution in [0.4, 0.5) is 11.8 Å². The molecule has 0 amide bonds. The molecule has 9 heteroatoms. The maximum atomic E-state index is 6.16. The first-order valence-corrected chi connectivity index (χ1v) is 15.6. The van der Waals surface area contributed by atoms with E-state index in [0.717, 1.165) is 87.6 Å². The lowest BCUT2D eigenvalue weighted by Gasteiger charge is -2.32. The fourth-order valence-corrected chi connectivity index (χ4v) is 6.68. The van der Waals surface area contributed by atoms with Gasteiger partial charge in [0.15, 0.2) is 17.0 Å². The first-order chi connectivity index (χ1) is 18.6. The van der Waals surface area contributed by atoms with Crippen LogP contribution in [0.25, 0.3) is 11.2 Å². The highest BCUT2D eigenvalue weighted by atomic mass is 15.2. The van der Waals surface area contributed by atoms with Gasteiger partial charge in [0.1, 0.15) is 0 Å². The molecule has 0 atom stereocenters. The highest BCUT2D eigenvalue weighted by Gasteiger charge is 2.26. The molecular formula is C29H51N9. The van der Waals surface area contributed by atoms with Crippen molar-refractivity contribution in [1.29, 1.82) is 0 Å². The minimum absolute atomic E-state index is 0.338.